The first kappa shape index (κ1) is 14.6. The smallest absolute Gasteiger partial charge is 0.387 e. The zero-order chi connectivity index (χ0) is 15.3. The van der Waals surface area contributed by atoms with E-state index in [2.05, 4.69) is 30.8 Å². The topological polar surface area (TPSA) is 21.3 Å². The molecule has 1 aromatic carbocycles. The lowest BCUT2D eigenvalue weighted by atomic mass is 9.68. The Labute approximate surface area is 124 Å². The molecule has 2 bridgehead atoms. The Balaban J connectivity index is 1.74. The molecule has 0 saturated heterocycles. The van der Waals surface area contributed by atoms with Crippen molar-refractivity contribution in [3.63, 3.8) is 0 Å². The van der Waals surface area contributed by atoms with Crippen LogP contribution in [0, 0.1) is 16.7 Å². The molecule has 2 nitrogen and oxygen atoms in total. The summed E-state index contributed by atoms with van der Waals surface area (Å²) in [4.78, 5) is 0. The van der Waals surface area contributed by atoms with E-state index in [1.54, 1.807) is 12.1 Å². The van der Waals surface area contributed by atoms with E-state index in [9.17, 15) is 8.78 Å². The summed E-state index contributed by atoms with van der Waals surface area (Å²) in [7, 11) is 0. The third-order valence-corrected chi connectivity index (χ3v) is 5.66. The molecular formula is C17H23F2NO. The minimum absolute atomic E-state index is 0.203. The van der Waals surface area contributed by atoms with Crippen LogP contribution in [0.2, 0.25) is 0 Å². The van der Waals surface area contributed by atoms with Gasteiger partial charge in [-0.25, -0.2) is 0 Å². The second-order valence-electron chi connectivity index (χ2n) is 7.40. The minimum Gasteiger partial charge on any atom is -0.435 e. The number of hydrogen-bond donors (Lipinski definition) is 1. The van der Waals surface area contributed by atoms with Crippen molar-refractivity contribution in [2.45, 2.75) is 52.7 Å². The predicted octanol–water partition coefficient (Wildman–Crippen LogP) is 4.91. The van der Waals surface area contributed by atoms with Crippen LogP contribution in [0.25, 0.3) is 0 Å². The molecule has 0 heterocycles. The van der Waals surface area contributed by atoms with Gasteiger partial charge in [0.2, 0.25) is 0 Å². The van der Waals surface area contributed by atoms with E-state index in [0.717, 1.165) is 11.6 Å². The van der Waals surface area contributed by atoms with Crippen LogP contribution in [-0.4, -0.2) is 12.7 Å². The summed E-state index contributed by atoms with van der Waals surface area (Å²) in [5.41, 5.74) is 1.58. The maximum atomic E-state index is 12.2. The summed E-state index contributed by atoms with van der Waals surface area (Å²) in [6, 6.07) is 7.26. The number of alkyl halides is 2. The summed E-state index contributed by atoms with van der Waals surface area (Å²) in [5, 5.41) is 3.64. The van der Waals surface area contributed by atoms with E-state index < -0.39 is 6.61 Å². The Morgan fingerprint density at radius 2 is 1.86 bits per heavy atom. The summed E-state index contributed by atoms with van der Waals surface area (Å²) >= 11 is 0. The standard InChI is InChI=1S/C17H23F2NO/c1-16(2)11-8-9-17(3,10-11)14(16)20-12-4-6-13(7-5-12)21-15(18)19/h4-7,11,14-15,20H,8-10H2,1-3H3/t11-,14?,17+/m0/s1. The van der Waals surface area contributed by atoms with Crippen molar-refractivity contribution in [2.24, 2.45) is 16.7 Å². The van der Waals surface area contributed by atoms with Gasteiger partial charge in [-0.2, -0.15) is 8.78 Å². The van der Waals surface area contributed by atoms with Gasteiger partial charge in [0.15, 0.2) is 0 Å². The third-order valence-electron chi connectivity index (χ3n) is 5.66. The average molecular weight is 295 g/mol. The first-order valence-electron chi connectivity index (χ1n) is 7.63. The van der Waals surface area contributed by atoms with Crippen molar-refractivity contribution in [3.05, 3.63) is 24.3 Å². The van der Waals surface area contributed by atoms with Gasteiger partial charge in [0.1, 0.15) is 5.75 Å². The van der Waals surface area contributed by atoms with Crippen LogP contribution in [0.3, 0.4) is 0 Å². The lowest BCUT2D eigenvalue weighted by Gasteiger charge is -2.43. The Kier molecular flexibility index (Phi) is 3.38. The van der Waals surface area contributed by atoms with E-state index in [1.807, 2.05) is 12.1 Å². The SMILES string of the molecule is CC1(C)C(Nc2ccc(OC(F)F)cc2)[C@]2(C)CC[C@H]1C2. The van der Waals surface area contributed by atoms with Crippen LogP contribution in [0.4, 0.5) is 14.5 Å². The van der Waals surface area contributed by atoms with Crippen LogP contribution in [0.5, 0.6) is 5.75 Å². The van der Waals surface area contributed by atoms with Gasteiger partial charge in [0, 0.05) is 11.7 Å². The van der Waals surface area contributed by atoms with E-state index in [4.69, 9.17) is 0 Å². The number of halogens is 2. The van der Waals surface area contributed by atoms with Crippen LogP contribution in [0.1, 0.15) is 40.0 Å². The van der Waals surface area contributed by atoms with Gasteiger partial charge in [-0.05, 0) is 60.3 Å². The molecule has 0 aromatic heterocycles. The molecule has 2 aliphatic carbocycles. The molecular weight excluding hydrogens is 272 g/mol. The number of fused-ring (bicyclic) bond motifs is 2. The maximum absolute atomic E-state index is 12.2. The Bertz CT molecular complexity index is 509. The molecule has 0 spiro atoms. The van der Waals surface area contributed by atoms with Crippen LogP contribution >= 0.6 is 0 Å². The van der Waals surface area contributed by atoms with Crippen molar-refractivity contribution < 1.29 is 13.5 Å². The van der Waals surface area contributed by atoms with Crippen LogP contribution in [0.15, 0.2) is 24.3 Å². The number of anilines is 1. The molecule has 0 amide bonds. The predicted molar refractivity (Wildman–Crippen MR) is 79.7 cm³/mol. The number of hydrogen-bond acceptors (Lipinski definition) is 2. The molecule has 0 aliphatic heterocycles. The molecule has 3 rings (SSSR count). The van der Waals surface area contributed by atoms with Crippen LogP contribution < -0.4 is 10.1 Å². The molecule has 0 radical (unpaired) electrons. The van der Waals surface area contributed by atoms with Gasteiger partial charge >= 0.3 is 6.61 Å². The van der Waals surface area contributed by atoms with Gasteiger partial charge in [0.05, 0.1) is 0 Å². The number of ether oxygens (including phenoxy) is 1. The first-order chi connectivity index (χ1) is 9.81. The normalized spacial score (nSPS) is 33.4. The Morgan fingerprint density at radius 3 is 2.38 bits per heavy atom. The van der Waals surface area contributed by atoms with Gasteiger partial charge < -0.3 is 10.1 Å². The van der Waals surface area contributed by atoms with Crippen molar-refractivity contribution in [1.29, 1.82) is 0 Å². The summed E-state index contributed by atoms with van der Waals surface area (Å²) in [5.74, 6) is 0.982. The van der Waals surface area contributed by atoms with E-state index in [0.29, 0.717) is 11.5 Å². The second-order valence-corrected chi connectivity index (χ2v) is 7.40. The summed E-state index contributed by atoms with van der Waals surface area (Å²) in [6.07, 6.45) is 3.87. The van der Waals surface area contributed by atoms with Crippen molar-refractivity contribution in [3.8, 4) is 5.75 Å². The number of nitrogens with one attached hydrogen (secondary N) is 1. The second kappa shape index (κ2) is 4.85. The molecule has 1 aromatic rings. The van der Waals surface area contributed by atoms with Gasteiger partial charge in [-0.1, -0.05) is 20.8 Å². The average Bonchev–Trinajstić information content (AvgIpc) is 2.87. The highest BCUT2D eigenvalue weighted by atomic mass is 19.3. The molecule has 1 N–H and O–H groups in total. The summed E-state index contributed by atoms with van der Waals surface area (Å²) < 4.78 is 28.7. The third kappa shape index (κ3) is 2.49. The highest BCUT2D eigenvalue weighted by molar-refractivity contribution is 5.48. The fourth-order valence-corrected chi connectivity index (χ4v) is 4.56. The maximum Gasteiger partial charge on any atom is 0.387 e. The lowest BCUT2D eigenvalue weighted by Crippen LogP contribution is -2.45. The number of rotatable bonds is 4. The number of benzene rings is 1. The largest absolute Gasteiger partial charge is 0.435 e. The van der Waals surface area contributed by atoms with Crippen LogP contribution in [-0.2, 0) is 0 Å². The zero-order valence-electron chi connectivity index (χ0n) is 12.8. The quantitative estimate of drug-likeness (QED) is 0.851. The van der Waals surface area contributed by atoms with Crippen molar-refractivity contribution in [2.75, 3.05) is 5.32 Å². The fourth-order valence-electron chi connectivity index (χ4n) is 4.56. The zero-order valence-corrected chi connectivity index (χ0v) is 12.8. The highest BCUT2D eigenvalue weighted by Crippen LogP contribution is 2.63. The molecule has 116 valence electrons. The lowest BCUT2D eigenvalue weighted by molar-refractivity contribution is -0.0498. The highest BCUT2D eigenvalue weighted by Gasteiger charge is 2.59. The van der Waals surface area contributed by atoms with E-state index in [1.165, 1.54) is 19.3 Å². The monoisotopic (exact) mass is 295 g/mol. The Hall–Kier alpha value is -1.32. The fraction of sp³-hybridized carbons (Fsp3) is 0.647. The first-order valence-corrected chi connectivity index (χ1v) is 7.63. The van der Waals surface area contributed by atoms with Gasteiger partial charge in [-0.15, -0.1) is 0 Å². The molecule has 3 atom stereocenters. The molecule has 2 saturated carbocycles. The van der Waals surface area contributed by atoms with E-state index in [-0.39, 0.29) is 11.2 Å². The van der Waals surface area contributed by atoms with Gasteiger partial charge in [0.25, 0.3) is 0 Å². The molecule has 2 aliphatic rings. The molecule has 21 heavy (non-hydrogen) atoms. The van der Waals surface area contributed by atoms with Gasteiger partial charge in [-0.3, -0.25) is 0 Å². The molecule has 1 unspecified atom stereocenters. The Morgan fingerprint density at radius 1 is 1.19 bits per heavy atom. The van der Waals surface area contributed by atoms with E-state index >= 15 is 0 Å². The molecule has 4 heteroatoms. The van der Waals surface area contributed by atoms with Crippen molar-refractivity contribution in [1.82, 2.24) is 0 Å². The minimum atomic E-state index is -2.77. The molecule has 2 fully saturated rings. The summed E-state index contributed by atoms with van der Waals surface area (Å²) in [6.45, 7) is 4.28. The van der Waals surface area contributed by atoms with Crippen molar-refractivity contribution >= 4 is 5.69 Å².